The van der Waals surface area contributed by atoms with Gasteiger partial charge in [0, 0.05) is 10.8 Å². The highest BCUT2D eigenvalue weighted by Gasteiger charge is 2.09. The lowest BCUT2D eigenvalue weighted by atomic mass is 10.0. The van der Waals surface area contributed by atoms with Crippen LogP contribution in [0.5, 0.6) is 5.75 Å². The fraction of sp³-hybridized carbons (Fsp3) is 0.0833. The molecule has 0 amide bonds. The zero-order valence-electron chi connectivity index (χ0n) is 8.15. The van der Waals surface area contributed by atoms with E-state index in [0.29, 0.717) is 16.3 Å². The van der Waals surface area contributed by atoms with E-state index in [9.17, 15) is 8.78 Å². The molecule has 2 aromatic carbocycles. The SMILES string of the molecule is N#Cc1cccc2c(OC(F)F)cccc12. The number of alkyl halides is 2. The minimum atomic E-state index is -2.86. The fourth-order valence-electron chi connectivity index (χ4n) is 1.58. The summed E-state index contributed by atoms with van der Waals surface area (Å²) in [4.78, 5) is 0. The van der Waals surface area contributed by atoms with Gasteiger partial charge in [-0.1, -0.05) is 24.3 Å². The van der Waals surface area contributed by atoms with Crippen LogP contribution in [-0.4, -0.2) is 6.61 Å². The van der Waals surface area contributed by atoms with Gasteiger partial charge in [0.05, 0.1) is 11.6 Å². The lowest BCUT2D eigenvalue weighted by Gasteiger charge is -2.08. The molecule has 0 aromatic heterocycles. The molecule has 4 heteroatoms. The Morgan fingerprint density at radius 2 is 1.75 bits per heavy atom. The minimum absolute atomic E-state index is 0.0876. The minimum Gasteiger partial charge on any atom is -0.434 e. The molecule has 0 atom stereocenters. The molecule has 0 N–H and O–H groups in total. The van der Waals surface area contributed by atoms with E-state index in [-0.39, 0.29) is 5.75 Å². The predicted molar refractivity (Wildman–Crippen MR) is 55.3 cm³/mol. The van der Waals surface area contributed by atoms with Crippen LogP contribution in [0.15, 0.2) is 36.4 Å². The molecule has 2 nitrogen and oxygen atoms in total. The molecular formula is C12H7F2NO. The largest absolute Gasteiger partial charge is 0.434 e. The van der Waals surface area contributed by atoms with E-state index < -0.39 is 6.61 Å². The molecule has 0 aliphatic heterocycles. The molecule has 0 bridgehead atoms. The predicted octanol–water partition coefficient (Wildman–Crippen LogP) is 3.31. The molecule has 0 aliphatic carbocycles. The summed E-state index contributed by atoms with van der Waals surface area (Å²) in [5.41, 5.74) is 0.442. The van der Waals surface area contributed by atoms with Crippen LogP contribution >= 0.6 is 0 Å². The highest BCUT2D eigenvalue weighted by molar-refractivity contribution is 5.92. The molecule has 2 aromatic rings. The average molecular weight is 219 g/mol. The Bertz CT molecular complexity index is 560. The van der Waals surface area contributed by atoms with E-state index >= 15 is 0 Å². The van der Waals surface area contributed by atoms with Crippen molar-refractivity contribution in [1.29, 1.82) is 5.26 Å². The summed E-state index contributed by atoms with van der Waals surface area (Å²) in [6, 6.07) is 11.7. The van der Waals surface area contributed by atoms with Crippen LogP contribution in [0.25, 0.3) is 10.8 Å². The van der Waals surface area contributed by atoms with Gasteiger partial charge >= 0.3 is 6.61 Å². The van der Waals surface area contributed by atoms with Gasteiger partial charge in [-0.15, -0.1) is 0 Å². The van der Waals surface area contributed by atoms with Gasteiger partial charge in [0.1, 0.15) is 5.75 Å². The number of benzene rings is 2. The van der Waals surface area contributed by atoms with Crippen molar-refractivity contribution >= 4 is 10.8 Å². The molecule has 0 saturated carbocycles. The topological polar surface area (TPSA) is 33.0 Å². The zero-order chi connectivity index (χ0) is 11.5. The maximum atomic E-state index is 12.1. The van der Waals surface area contributed by atoms with Crippen LogP contribution in [0.3, 0.4) is 0 Å². The van der Waals surface area contributed by atoms with Crippen LogP contribution in [0.2, 0.25) is 0 Å². The van der Waals surface area contributed by atoms with Crippen molar-refractivity contribution in [3.63, 3.8) is 0 Å². The Kier molecular flexibility index (Phi) is 2.69. The smallest absolute Gasteiger partial charge is 0.387 e. The van der Waals surface area contributed by atoms with Gasteiger partial charge in [-0.3, -0.25) is 0 Å². The number of nitriles is 1. The third kappa shape index (κ3) is 1.80. The zero-order valence-corrected chi connectivity index (χ0v) is 8.15. The third-order valence-corrected chi connectivity index (χ3v) is 2.22. The number of nitrogens with zero attached hydrogens (tertiary/aromatic N) is 1. The second-order valence-corrected chi connectivity index (χ2v) is 3.15. The van der Waals surface area contributed by atoms with Crippen LogP contribution < -0.4 is 4.74 Å². The highest BCUT2D eigenvalue weighted by atomic mass is 19.3. The number of rotatable bonds is 2. The molecule has 0 spiro atoms. The van der Waals surface area contributed by atoms with Gasteiger partial charge < -0.3 is 4.74 Å². The molecule has 0 radical (unpaired) electrons. The molecule has 0 heterocycles. The molecule has 80 valence electrons. The van der Waals surface area contributed by atoms with Crippen molar-refractivity contribution in [3.05, 3.63) is 42.0 Å². The third-order valence-electron chi connectivity index (χ3n) is 2.22. The van der Waals surface area contributed by atoms with E-state index in [4.69, 9.17) is 5.26 Å². The second-order valence-electron chi connectivity index (χ2n) is 3.15. The molecule has 16 heavy (non-hydrogen) atoms. The fourth-order valence-corrected chi connectivity index (χ4v) is 1.58. The summed E-state index contributed by atoms with van der Waals surface area (Å²) >= 11 is 0. The van der Waals surface area contributed by atoms with Crippen molar-refractivity contribution in [1.82, 2.24) is 0 Å². The molecule has 0 unspecified atom stereocenters. The van der Waals surface area contributed by atoms with Crippen molar-refractivity contribution in [2.24, 2.45) is 0 Å². The van der Waals surface area contributed by atoms with Gasteiger partial charge in [-0.25, -0.2) is 0 Å². The maximum absolute atomic E-state index is 12.1. The van der Waals surface area contributed by atoms with Crippen LogP contribution in [0.4, 0.5) is 8.78 Å². The van der Waals surface area contributed by atoms with E-state index in [1.807, 2.05) is 6.07 Å². The molecule has 0 aliphatic rings. The first-order valence-corrected chi connectivity index (χ1v) is 4.59. The summed E-state index contributed by atoms with van der Waals surface area (Å²) < 4.78 is 28.7. The quantitative estimate of drug-likeness (QED) is 0.776. The van der Waals surface area contributed by atoms with E-state index in [2.05, 4.69) is 4.74 Å². The summed E-state index contributed by atoms with van der Waals surface area (Å²) in [7, 11) is 0. The van der Waals surface area contributed by atoms with Crippen molar-refractivity contribution < 1.29 is 13.5 Å². The van der Waals surface area contributed by atoms with Gasteiger partial charge in [0.25, 0.3) is 0 Å². The van der Waals surface area contributed by atoms with Crippen LogP contribution in [0.1, 0.15) is 5.56 Å². The van der Waals surface area contributed by atoms with Crippen molar-refractivity contribution in [3.8, 4) is 11.8 Å². The first-order valence-electron chi connectivity index (χ1n) is 4.59. The maximum Gasteiger partial charge on any atom is 0.387 e. The number of halogens is 2. The Hall–Kier alpha value is -2.15. The van der Waals surface area contributed by atoms with Crippen LogP contribution in [0, 0.1) is 11.3 Å². The lowest BCUT2D eigenvalue weighted by molar-refractivity contribution is -0.0487. The highest BCUT2D eigenvalue weighted by Crippen LogP contribution is 2.28. The van der Waals surface area contributed by atoms with Gasteiger partial charge in [0.15, 0.2) is 0 Å². The number of fused-ring (bicyclic) bond motifs is 1. The molecule has 0 fully saturated rings. The Morgan fingerprint density at radius 1 is 1.06 bits per heavy atom. The summed E-state index contributed by atoms with van der Waals surface area (Å²) in [5, 5.41) is 10.00. The monoisotopic (exact) mass is 219 g/mol. The lowest BCUT2D eigenvalue weighted by Crippen LogP contribution is -2.02. The van der Waals surface area contributed by atoms with E-state index in [1.54, 1.807) is 30.3 Å². The van der Waals surface area contributed by atoms with Crippen molar-refractivity contribution in [2.75, 3.05) is 0 Å². The Balaban J connectivity index is 2.65. The first-order chi connectivity index (χ1) is 7.72. The normalized spacial score (nSPS) is 10.4. The van der Waals surface area contributed by atoms with E-state index in [0.717, 1.165) is 0 Å². The number of hydrogen-bond donors (Lipinski definition) is 0. The summed E-state index contributed by atoms with van der Waals surface area (Å²) in [6.45, 7) is -2.86. The Labute approximate surface area is 90.7 Å². The molecule has 2 rings (SSSR count). The van der Waals surface area contributed by atoms with E-state index in [1.165, 1.54) is 6.07 Å². The standard InChI is InChI=1S/C12H7F2NO/c13-12(14)16-11-6-2-4-9-8(7-15)3-1-5-10(9)11/h1-6,12H. The van der Waals surface area contributed by atoms with Crippen LogP contribution in [-0.2, 0) is 0 Å². The number of ether oxygens (including phenoxy) is 1. The van der Waals surface area contributed by atoms with Gasteiger partial charge in [0.2, 0.25) is 0 Å². The molecule has 0 saturated heterocycles. The number of hydrogen-bond acceptors (Lipinski definition) is 2. The first kappa shape index (κ1) is 10.4. The van der Waals surface area contributed by atoms with Gasteiger partial charge in [-0.05, 0) is 12.1 Å². The summed E-state index contributed by atoms with van der Waals surface area (Å²) in [5.74, 6) is 0.0876. The average Bonchev–Trinajstić information content (AvgIpc) is 2.28. The Morgan fingerprint density at radius 3 is 2.44 bits per heavy atom. The second kappa shape index (κ2) is 4.15. The molecular weight excluding hydrogens is 212 g/mol. The van der Waals surface area contributed by atoms with Crippen molar-refractivity contribution in [2.45, 2.75) is 6.61 Å². The van der Waals surface area contributed by atoms with Gasteiger partial charge in [-0.2, -0.15) is 14.0 Å². The summed E-state index contributed by atoms with van der Waals surface area (Å²) in [6.07, 6.45) is 0.